The summed E-state index contributed by atoms with van der Waals surface area (Å²) in [7, 11) is -3.82. The summed E-state index contributed by atoms with van der Waals surface area (Å²) in [6, 6.07) is 24.9. The lowest BCUT2D eigenvalue weighted by Crippen LogP contribution is -2.35. The Bertz CT molecular complexity index is 1650. The van der Waals surface area contributed by atoms with Crippen molar-refractivity contribution in [1.82, 2.24) is 8.96 Å². The van der Waals surface area contributed by atoms with E-state index in [2.05, 4.69) is 4.98 Å². The first-order valence-electron chi connectivity index (χ1n) is 11.5. The molecule has 5 aromatic rings. The summed E-state index contributed by atoms with van der Waals surface area (Å²) in [4.78, 5) is 18.8. The summed E-state index contributed by atoms with van der Waals surface area (Å²) >= 11 is 1.32. The summed E-state index contributed by atoms with van der Waals surface area (Å²) in [5, 5.41) is 11.2. The van der Waals surface area contributed by atoms with E-state index in [1.807, 2.05) is 36.4 Å². The van der Waals surface area contributed by atoms with Gasteiger partial charge in [0.05, 0.1) is 4.90 Å². The smallest absolute Gasteiger partial charge is 0.412 e. The summed E-state index contributed by atoms with van der Waals surface area (Å²) in [6.45, 7) is 0.521. The molecule has 37 heavy (non-hydrogen) atoms. The summed E-state index contributed by atoms with van der Waals surface area (Å²) in [5.74, 6) is -0.160. The fraction of sp³-hybridized carbons (Fsp3) is 0.111. The van der Waals surface area contributed by atoms with Crippen LogP contribution in [0.15, 0.2) is 102 Å². The number of carboxylic acid groups (broad SMARTS) is 1. The molecule has 0 aliphatic rings. The van der Waals surface area contributed by atoms with Gasteiger partial charge in [-0.3, -0.25) is 4.90 Å². The molecule has 1 atom stereocenters. The molecule has 5 rings (SSSR count). The zero-order valence-corrected chi connectivity index (χ0v) is 21.3. The molecular weight excluding hydrogens is 508 g/mol. The van der Waals surface area contributed by atoms with Gasteiger partial charge in [-0.2, -0.15) is 0 Å². The number of pyridine rings is 1. The number of nitrogens with zero attached hydrogens (tertiary/aromatic N) is 3. The van der Waals surface area contributed by atoms with E-state index < -0.39 is 16.1 Å². The minimum absolute atomic E-state index is 0.160. The highest BCUT2D eigenvalue weighted by molar-refractivity contribution is 7.90. The van der Waals surface area contributed by atoms with Gasteiger partial charge in [0.2, 0.25) is 0 Å². The number of aromatic nitrogens is 2. The molecule has 0 saturated heterocycles. The van der Waals surface area contributed by atoms with Crippen LogP contribution in [-0.4, -0.2) is 41.7 Å². The predicted octanol–water partition coefficient (Wildman–Crippen LogP) is 5.23. The molecule has 3 N–H and O–H groups in total. The molecule has 1 amide bonds. The molecule has 10 heteroatoms. The Labute approximate surface area is 218 Å². The number of benzene rings is 2. The number of thiophene rings is 1. The lowest BCUT2D eigenvalue weighted by Gasteiger charge is -2.23. The first-order valence-corrected chi connectivity index (χ1v) is 13.8. The van der Waals surface area contributed by atoms with Crippen molar-refractivity contribution in [2.24, 2.45) is 5.73 Å². The molecule has 1 unspecified atom stereocenters. The largest absolute Gasteiger partial charge is 0.465 e. The first-order chi connectivity index (χ1) is 17.9. The van der Waals surface area contributed by atoms with Crippen molar-refractivity contribution in [2.45, 2.75) is 10.8 Å². The molecule has 0 aliphatic heterocycles. The molecule has 3 aromatic heterocycles. The van der Waals surface area contributed by atoms with Crippen LogP contribution >= 0.6 is 11.3 Å². The molecule has 3 heterocycles. The maximum absolute atomic E-state index is 13.2. The quantitative estimate of drug-likeness (QED) is 0.283. The van der Waals surface area contributed by atoms with Crippen LogP contribution < -0.4 is 10.6 Å². The van der Waals surface area contributed by atoms with Crippen molar-refractivity contribution >= 4 is 43.5 Å². The minimum atomic E-state index is -3.82. The molecule has 2 aromatic carbocycles. The third kappa shape index (κ3) is 4.74. The van der Waals surface area contributed by atoms with Gasteiger partial charge >= 0.3 is 6.09 Å². The third-order valence-electron chi connectivity index (χ3n) is 6.17. The van der Waals surface area contributed by atoms with Gasteiger partial charge in [-0.25, -0.2) is 22.2 Å². The van der Waals surface area contributed by atoms with E-state index in [4.69, 9.17) is 5.73 Å². The molecule has 0 spiro atoms. The summed E-state index contributed by atoms with van der Waals surface area (Å²) in [5.41, 5.74) is 8.05. The molecular formula is C27H24N4O4S2. The molecule has 0 bridgehead atoms. The number of fused-ring (bicyclic) bond motifs is 1. The lowest BCUT2D eigenvalue weighted by molar-refractivity contribution is 0.201. The van der Waals surface area contributed by atoms with E-state index in [9.17, 15) is 18.3 Å². The van der Waals surface area contributed by atoms with Crippen molar-refractivity contribution < 1.29 is 18.3 Å². The first kappa shape index (κ1) is 24.7. The van der Waals surface area contributed by atoms with E-state index in [-0.39, 0.29) is 17.4 Å². The Kier molecular flexibility index (Phi) is 6.79. The van der Waals surface area contributed by atoms with Crippen LogP contribution in [-0.2, 0) is 10.0 Å². The molecule has 188 valence electrons. The van der Waals surface area contributed by atoms with Crippen LogP contribution in [0, 0.1) is 0 Å². The van der Waals surface area contributed by atoms with Gasteiger partial charge in [-0.15, -0.1) is 11.3 Å². The number of hydrogen-bond donors (Lipinski definition) is 2. The van der Waals surface area contributed by atoms with Crippen LogP contribution in [0.5, 0.6) is 0 Å². The van der Waals surface area contributed by atoms with Gasteiger partial charge in [0.15, 0.2) is 5.65 Å². The van der Waals surface area contributed by atoms with E-state index in [0.717, 1.165) is 16.0 Å². The number of rotatable bonds is 8. The summed E-state index contributed by atoms with van der Waals surface area (Å²) in [6.07, 6.45) is 1.98. The van der Waals surface area contributed by atoms with Crippen molar-refractivity contribution in [3.63, 3.8) is 0 Å². The van der Waals surface area contributed by atoms with Crippen LogP contribution in [0.3, 0.4) is 0 Å². The highest BCUT2D eigenvalue weighted by atomic mass is 32.2. The fourth-order valence-electron chi connectivity index (χ4n) is 4.27. The number of hydrogen-bond acceptors (Lipinski definition) is 6. The number of anilines is 1. The average molecular weight is 533 g/mol. The fourth-order valence-corrected chi connectivity index (χ4v) is 6.64. The highest BCUT2D eigenvalue weighted by Gasteiger charge is 2.24. The maximum Gasteiger partial charge on any atom is 0.412 e. The Balaban J connectivity index is 1.50. The predicted molar refractivity (Wildman–Crippen MR) is 146 cm³/mol. The number of carbonyl (C=O) groups is 1. The zero-order valence-electron chi connectivity index (χ0n) is 19.6. The number of nitrogens with two attached hydrogens (primary N) is 1. The van der Waals surface area contributed by atoms with E-state index in [1.165, 1.54) is 26.4 Å². The second-order valence-corrected chi connectivity index (χ2v) is 11.3. The summed E-state index contributed by atoms with van der Waals surface area (Å²) < 4.78 is 27.6. The molecule has 0 fully saturated rings. The average Bonchev–Trinajstić information content (AvgIpc) is 3.58. The Morgan fingerprint density at radius 1 is 1.00 bits per heavy atom. The topological polar surface area (TPSA) is 119 Å². The van der Waals surface area contributed by atoms with Crippen LogP contribution in [0.25, 0.3) is 21.5 Å². The van der Waals surface area contributed by atoms with Crippen molar-refractivity contribution in [1.29, 1.82) is 0 Å². The van der Waals surface area contributed by atoms with Gasteiger partial charge in [0.1, 0.15) is 5.00 Å². The van der Waals surface area contributed by atoms with Gasteiger partial charge in [-0.1, -0.05) is 48.5 Å². The maximum atomic E-state index is 13.2. The number of amides is 1. The Hall–Kier alpha value is -3.99. The van der Waals surface area contributed by atoms with Crippen molar-refractivity contribution in [3.8, 4) is 10.4 Å². The van der Waals surface area contributed by atoms with E-state index in [0.29, 0.717) is 22.6 Å². The standard InChI is InChI=1S/C27H24N4O4S2/c28-17-20(19-7-3-1-4-8-19)18-30(27(32)33)25-12-11-24(36-25)22-13-15-29-26-23(22)14-16-31(26)37(34,35)21-9-5-2-6-10-21/h1-16,20H,17-18,28H2,(H,32,33). The van der Waals surface area contributed by atoms with Gasteiger partial charge in [0.25, 0.3) is 10.0 Å². The lowest BCUT2D eigenvalue weighted by atomic mass is 9.99. The molecule has 0 aliphatic carbocycles. The Morgan fingerprint density at radius 2 is 1.70 bits per heavy atom. The minimum Gasteiger partial charge on any atom is -0.465 e. The van der Waals surface area contributed by atoms with Crippen LogP contribution in [0.2, 0.25) is 0 Å². The van der Waals surface area contributed by atoms with Crippen LogP contribution in [0.4, 0.5) is 9.80 Å². The SMILES string of the molecule is NCC(CN(C(=O)O)c1ccc(-c2ccnc3c2ccn3S(=O)(=O)c2ccccc2)s1)c1ccccc1. The van der Waals surface area contributed by atoms with Crippen molar-refractivity contribution in [2.75, 3.05) is 18.0 Å². The van der Waals surface area contributed by atoms with Gasteiger partial charge in [-0.05, 0) is 42.0 Å². The highest BCUT2D eigenvalue weighted by Crippen LogP contribution is 2.38. The van der Waals surface area contributed by atoms with Crippen molar-refractivity contribution in [3.05, 3.63) is 103 Å². The second-order valence-electron chi connectivity index (χ2n) is 8.40. The monoisotopic (exact) mass is 532 g/mol. The van der Waals surface area contributed by atoms with Gasteiger partial charge < -0.3 is 10.8 Å². The normalized spacial score (nSPS) is 12.5. The zero-order chi connectivity index (χ0) is 26.0. The van der Waals surface area contributed by atoms with E-state index >= 15 is 0 Å². The van der Waals surface area contributed by atoms with E-state index in [1.54, 1.807) is 54.7 Å². The molecule has 8 nitrogen and oxygen atoms in total. The molecule has 0 radical (unpaired) electrons. The third-order valence-corrected chi connectivity index (χ3v) is 8.99. The second kappa shape index (κ2) is 10.2. The van der Waals surface area contributed by atoms with Gasteiger partial charge in [0, 0.05) is 47.2 Å². The Morgan fingerprint density at radius 3 is 2.38 bits per heavy atom. The molecule has 0 saturated carbocycles. The van der Waals surface area contributed by atoms with Crippen LogP contribution in [0.1, 0.15) is 11.5 Å².